The largest absolute Gasteiger partial charge is 0.491 e. The lowest BCUT2D eigenvalue weighted by Crippen LogP contribution is -2.45. The predicted octanol–water partition coefficient (Wildman–Crippen LogP) is 4.29. The van der Waals surface area contributed by atoms with Gasteiger partial charge in [-0.2, -0.15) is 0 Å². The molecule has 4 heteroatoms. The topological polar surface area (TPSA) is 41.6 Å². The van der Waals surface area contributed by atoms with Crippen LogP contribution in [-0.4, -0.2) is 37.2 Å². The van der Waals surface area contributed by atoms with Gasteiger partial charge in [0.2, 0.25) is 0 Å². The number of rotatable bonds is 7. The van der Waals surface area contributed by atoms with E-state index in [0.29, 0.717) is 19.1 Å². The predicted molar refractivity (Wildman–Crippen MR) is 109 cm³/mol. The number of hydrogen-bond donors (Lipinski definition) is 1. The summed E-state index contributed by atoms with van der Waals surface area (Å²) < 4.78 is 5.82. The maximum absolute atomic E-state index is 12.4. The van der Waals surface area contributed by atoms with Crippen LogP contribution in [0.4, 0.5) is 4.79 Å². The van der Waals surface area contributed by atoms with Gasteiger partial charge in [0.05, 0.1) is 6.54 Å². The highest BCUT2D eigenvalue weighted by atomic mass is 16.5. The highest BCUT2D eigenvalue weighted by Gasteiger charge is 2.22. The van der Waals surface area contributed by atoms with Crippen molar-refractivity contribution in [2.45, 2.75) is 32.6 Å². The lowest BCUT2D eigenvalue weighted by molar-refractivity contribution is 0.168. The van der Waals surface area contributed by atoms with Crippen LogP contribution in [0.1, 0.15) is 30.9 Å². The van der Waals surface area contributed by atoms with Crippen LogP contribution in [0.25, 0.3) is 0 Å². The molecule has 0 atom stereocenters. The van der Waals surface area contributed by atoms with Crippen molar-refractivity contribution in [1.29, 1.82) is 0 Å². The van der Waals surface area contributed by atoms with Crippen LogP contribution in [0.3, 0.4) is 0 Å². The second-order valence-electron chi connectivity index (χ2n) is 7.16. The minimum atomic E-state index is 0.0283. The number of ether oxygens (including phenoxy) is 1. The van der Waals surface area contributed by atoms with E-state index in [4.69, 9.17) is 4.74 Å². The zero-order valence-corrected chi connectivity index (χ0v) is 16.2. The Labute approximate surface area is 162 Å². The molecule has 1 aliphatic heterocycles. The summed E-state index contributed by atoms with van der Waals surface area (Å²) in [7, 11) is 0. The van der Waals surface area contributed by atoms with E-state index < -0.39 is 0 Å². The van der Waals surface area contributed by atoms with Gasteiger partial charge in [-0.25, -0.2) is 4.79 Å². The van der Waals surface area contributed by atoms with Crippen molar-refractivity contribution in [2.24, 2.45) is 5.92 Å². The highest BCUT2D eigenvalue weighted by molar-refractivity contribution is 5.74. The molecule has 0 unspecified atom stereocenters. The summed E-state index contributed by atoms with van der Waals surface area (Å²) in [6, 6.07) is 18.7. The van der Waals surface area contributed by atoms with Gasteiger partial charge < -0.3 is 15.0 Å². The fourth-order valence-corrected chi connectivity index (χ4v) is 3.66. The minimum absolute atomic E-state index is 0.0283. The van der Waals surface area contributed by atoms with Crippen LogP contribution in [0.5, 0.6) is 5.75 Å². The molecule has 1 fully saturated rings. The van der Waals surface area contributed by atoms with Crippen LogP contribution in [0.15, 0.2) is 54.6 Å². The molecule has 2 aromatic rings. The van der Waals surface area contributed by atoms with Gasteiger partial charge >= 0.3 is 6.03 Å². The van der Waals surface area contributed by atoms with Crippen molar-refractivity contribution < 1.29 is 9.53 Å². The number of benzene rings is 2. The van der Waals surface area contributed by atoms with E-state index in [-0.39, 0.29) is 6.03 Å². The monoisotopic (exact) mass is 366 g/mol. The standard InChI is InChI=1S/C23H30N2O2/c1-2-21-10-6-7-11-22(21)27-17-14-24-23(26)25-15-12-20(13-16-25)18-19-8-4-3-5-9-19/h3-11,20H,2,12-18H2,1H3,(H,24,26). The third kappa shape index (κ3) is 5.75. The van der Waals surface area contributed by atoms with Crippen LogP contribution in [0.2, 0.25) is 0 Å². The van der Waals surface area contributed by atoms with E-state index in [2.05, 4.69) is 48.6 Å². The Morgan fingerprint density at radius 1 is 1.07 bits per heavy atom. The van der Waals surface area contributed by atoms with Crippen molar-refractivity contribution in [3.8, 4) is 5.75 Å². The first-order valence-electron chi connectivity index (χ1n) is 10.0. The number of nitrogens with zero attached hydrogens (tertiary/aromatic N) is 1. The average molecular weight is 367 g/mol. The second kappa shape index (κ2) is 10.0. The maximum Gasteiger partial charge on any atom is 0.317 e. The van der Waals surface area contributed by atoms with Crippen molar-refractivity contribution in [2.75, 3.05) is 26.2 Å². The molecule has 1 N–H and O–H groups in total. The van der Waals surface area contributed by atoms with Gasteiger partial charge in [-0.1, -0.05) is 55.5 Å². The van der Waals surface area contributed by atoms with E-state index in [1.54, 1.807) is 0 Å². The summed E-state index contributed by atoms with van der Waals surface area (Å²) >= 11 is 0. The third-order valence-electron chi connectivity index (χ3n) is 5.26. The number of likely N-dealkylation sites (tertiary alicyclic amines) is 1. The van der Waals surface area contributed by atoms with Gasteiger partial charge in [0.15, 0.2) is 0 Å². The summed E-state index contributed by atoms with van der Waals surface area (Å²) in [5, 5.41) is 2.99. The summed E-state index contributed by atoms with van der Waals surface area (Å²) in [6.07, 6.45) is 4.20. The van der Waals surface area contributed by atoms with Crippen molar-refractivity contribution in [3.63, 3.8) is 0 Å². The Bertz CT molecular complexity index is 709. The lowest BCUT2D eigenvalue weighted by Gasteiger charge is -2.32. The first-order valence-corrected chi connectivity index (χ1v) is 10.0. The minimum Gasteiger partial charge on any atom is -0.491 e. The number of para-hydroxylation sites is 1. The first-order chi connectivity index (χ1) is 13.3. The molecule has 0 aliphatic carbocycles. The molecule has 4 nitrogen and oxygen atoms in total. The Hall–Kier alpha value is -2.49. The van der Waals surface area contributed by atoms with Gasteiger partial charge in [-0.3, -0.25) is 0 Å². The molecule has 0 bridgehead atoms. The number of hydrogen-bond acceptors (Lipinski definition) is 2. The van der Waals surface area contributed by atoms with E-state index >= 15 is 0 Å². The molecule has 1 heterocycles. The zero-order valence-electron chi connectivity index (χ0n) is 16.2. The van der Waals surface area contributed by atoms with Crippen LogP contribution >= 0.6 is 0 Å². The Balaban J connectivity index is 1.35. The first kappa shape index (κ1) is 19.3. The molecule has 2 amide bonds. The molecule has 0 saturated carbocycles. The molecule has 0 aromatic heterocycles. The van der Waals surface area contributed by atoms with Crippen molar-refractivity contribution in [1.82, 2.24) is 10.2 Å². The molecule has 0 spiro atoms. The number of nitrogens with one attached hydrogen (secondary N) is 1. The molecular formula is C23H30N2O2. The average Bonchev–Trinajstić information content (AvgIpc) is 2.72. The van der Waals surface area contributed by atoms with Gasteiger partial charge in [0.25, 0.3) is 0 Å². The summed E-state index contributed by atoms with van der Waals surface area (Å²) in [4.78, 5) is 14.3. The quantitative estimate of drug-likeness (QED) is 0.743. The smallest absolute Gasteiger partial charge is 0.317 e. The van der Waals surface area contributed by atoms with Gasteiger partial charge in [0.1, 0.15) is 12.4 Å². The third-order valence-corrected chi connectivity index (χ3v) is 5.26. The Kier molecular flexibility index (Phi) is 7.14. The lowest BCUT2D eigenvalue weighted by atomic mass is 9.90. The summed E-state index contributed by atoms with van der Waals surface area (Å²) in [6.45, 7) is 4.81. The zero-order chi connectivity index (χ0) is 18.9. The fraction of sp³-hybridized carbons (Fsp3) is 0.435. The van der Waals surface area contributed by atoms with E-state index in [1.165, 1.54) is 11.1 Å². The van der Waals surface area contributed by atoms with Gasteiger partial charge in [-0.15, -0.1) is 0 Å². The van der Waals surface area contributed by atoms with Crippen molar-refractivity contribution in [3.05, 3.63) is 65.7 Å². The van der Waals surface area contributed by atoms with Crippen LogP contribution in [-0.2, 0) is 12.8 Å². The molecule has 1 saturated heterocycles. The normalized spacial score (nSPS) is 14.8. The molecule has 0 radical (unpaired) electrons. The molecule has 144 valence electrons. The second-order valence-corrected chi connectivity index (χ2v) is 7.16. The number of aryl methyl sites for hydroxylation is 1. The summed E-state index contributed by atoms with van der Waals surface area (Å²) in [5.41, 5.74) is 2.59. The summed E-state index contributed by atoms with van der Waals surface area (Å²) in [5.74, 6) is 1.58. The van der Waals surface area contributed by atoms with E-state index in [9.17, 15) is 4.79 Å². The Morgan fingerprint density at radius 2 is 1.78 bits per heavy atom. The maximum atomic E-state index is 12.4. The fourth-order valence-electron chi connectivity index (χ4n) is 3.66. The molecule has 2 aromatic carbocycles. The van der Waals surface area contributed by atoms with Crippen LogP contribution < -0.4 is 10.1 Å². The highest BCUT2D eigenvalue weighted by Crippen LogP contribution is 2.21. The number of carbonyl (C=O) groups is 1. The molecule has 3 rings (SSSR count). The SMILES string of the molecule is CCc1ccccc1OCCNC(=O)N1CCC(Cc2ccccc2)CC1. The Morgan fingerprint density at radius 3 is 2.52 bits per heavy atom. The molecular weight excluding hydrogens is 336 g/mol. The number of amides is 2. The van der Waals surface area contributed by atoms with Crippen molar-refractivity contribution >= 4 is 6.03 Å². The van der Waals surface area contributed by atoms with Gasteiger partial charge in [0, 0.05) is 13.1 Å². The molecule has 1 aliphatic rings. The number of urea groups is 1. The van der Waals surface area contributed by atoms with Crippen LogP contribution in [0, 0.1) is 5.92 Å². The number of piperidine rings is 1. The van der Waals surface area contributed by atoms with E-state index in [1.807, 2.05) is 23.1 Å². The number of carbonyl (C=O) groups excluding carboxylic acids is 1. The van der Waals surface area contributed by atoms with E-state index in [0.717, 1.165) is 44.5 Å². The molecule has 27 heavy (non-hydrogen) atoms. The van der Waals surface area contributed by atoms with Gasteiger partial charge in [-0.05, 0) is 48.8 Å².